The van der Waals surface area contributed by atoms with E-state index in [9.17, 15) is 9.90 Å². The lowest BCUT2D eigenvalue weighted by Gasteiger charge is -2.24. The second-order valence-corrected chi connectivity index (χ2v) is 5.16. The van der Waals surface area contributed by atoms with Crippen molar-refractivity contribution in [1.29, 1.82) is 0 Å². The molecule has 0 bridgehead atoms. The number of aryl methyl sites for hydroxylation is 1. The molecule has 0 radical (unpaired) electrons. The van der Waals surface area contributed by atoms with Gasteiger partial charge in [0.2, 0.25) is 0 Å². The predicted octanol–water partition coefficient (Wildman–Crippen LogP) is 2.19. The number of hydrogen-bond acceptors (Lipinski definition) is 4. The van der Waals surface area contributed by atoms with Crippen molar-refractivity contribution in [3.8, 4) is 5.75 Å². The van der Waals surface area contributed by atoms with Crippen molar-refractivity contribution in [1.82, 2.24) is 14.9 Å². The fourth-order valence-electron chi connectivity index (χ4n) is 2.08. The minimum absolute atomic E-state index is 0.0480. The molecule has 21 heavy (non-hydrogen) atoms. The molecule has 1 N–H and O–H groups in total. The molecule has 5 heteroatoms. The largest absolute Gasteiger partial charge is 0.505 e. The zero-order valence-corrected chi connectivity index (χ0v) is 12.4. The molecule has 0 saturated heterocycles. The van der Waals surface area contributed by atoms with E-state index in [1.807, 2.05) is 26.0 Å². The highest BCUT2D eigenvalue weighted by molar-refractivity contribution is 5.94. The smallest absolute Gasteiger partial charge is 0.276 e. The van der Waals surface area contributed by atoms with E-state index in [0.717, 1.165) is 11.3 Å². The number of hydrogen-bond donors (Lipinski definition) is 1. The average Bonchev–Trinajstić information content (AvgIpc) is 2.46. The van der Waals surface area contributed by atoms with E-state index < -0.39 is 0 Å². The highest BCUT2D eigenvalue weighted by Crippen LogP contribution is 2.16. The van der Waals surface area contributed by atoms with Gasteiger partial charge in [-0.15, -0.1) is 0 Å². The number of pyridine rings is 2. The van der Waals surface area contributed by atoms with Gasteiger partial charge in [-0.2, -0.15) is 0 Å². The van der Waals surface area contributed by atoms with Crippen LogP contribution in [0, 0.1) is 6.92 Å². The molecular formula is C16H19N3O2. The second kappa shape index (κ2) is 6.35. The molecule has 5 nitrogen and oxygen atoms in total. The van der Waals surface area contributed by atoms with Crippen LogP contribution >= 0.6 is 0 Å². The van der Waals surface area contributed by atoms with Crippen molar-refractivity contribution in [3.63, 3.8) is 0 Å². The topological polar surface area (TPSA) is 66.3 Å². The maximum absolute atomic E-state index is 12.3. The first-order valence-corrected chi connectivity index (χ1v) is 6.81. The van der Waals surface area contributed by atoms with Gasteiger partial charge >= 0.3 is 0 Å². The van der Waals surface area contributed by atoms with E-state index in [-0.39, 0.29) is 23.4 Å². The Morgan fingerprint density at radius 1 is 1.33 bits per heavy atom. The molecule has 0 fully saturated rings. The first-order valence-electron chi connectivity index (χ1n) is 6.81. The highest BCUT2D eigenvalue weighted by atomic mass is 16.3. The molecule has 0 aromatic carbocycles. The minimum atomic E-state index is -0.298. The monoisotopic (exact) mass is 285 g/mol. The van der Waals surface area contributed by atoms with E-state index in [1.165, 1.54) is 12.3 Å². The Hall–Kier alpha value is -2.43. The van der Waals surface area contributed by atoms with Crippen LogP contribution in [-0.4, -0.2) is 39.0 Å². The van der Waals surface area contributed by atoms with Crippen LogP contribution in [0.5, 0.6) is 5.75 Å². The summed E-state index contributed by atoms with van der Waals surface area (Å²) in [5.74, 6) is -0.400. The lowest BCUT2D eigenvalue weighted by Crippen LogP contribution is -2.37. The van der Waals surface area contributed by atoms with Crippen LogP contribution in [0.15, 0.2) is 36.7 Å². The maximum Gasteiger partial charge on any atom is 0.276 e. The molecule has 110 valence electrons. The molecule has 2 aromatic rings. The Morgan fingerprint density at radius 3 is 2.76 bits per heavy atom. The standard InChI is InChI=1S/C16H19N3O2/c1-11-6-8-17-13(9-11)10-12(2)19(3)16(21)15-14(20)5-4-7-18-15/h4-9,12,20H,10H2,1-3H3/t12-/m1/s1. The summed E-state index contributed by atoms with van der Waals surface area (Å²) >= 11 is 0. The molecule has 0 aliphatic rings. The fraction of sp³-hybridized carbons (Fsp3) is 0.312. The predicted molar refractivity (Wildman–Crippen MR) is 80.1 cm³/mol. The van der Waals surface area contributed by atoms with E-state index in [1.54, 1.807) is 24.2 Å². The molecule has 0 spiro atoms. The minimum Gasteiger partial charge on any atom is -0.505 e. The van der Waals surface area contributed by atoms with Gasteiger partial charge in [0.25, 0.3) is 5.91 Å². The van der Waals surface area contributed by atoms with Crippen molar-refractivity contribution in [2.75, 3.05) is 7.05 Å². The molecule has 1 amide bonds. The zero-order valence-electron chi connectivity index (χ0n) is 12.4. The van der Waals surface area contributed by atoms with Gasteiger partial charge in [-0.1, -0.05) is 0 Å². The average molecular weight is 285 g/mol. The van der Waals surface area contributed by atoms with Crippen molar-refractivity contribution in [2.45, 2.75) is 26.3 Å². The van der Waals surface area contributed by atoms with E-state index >= 15 is 0 Å². The summed E-state index contributed by atoms with van der Waals surface area (Å²) in [5.41, 5.74) is 2.15. The second-order valence-electron chi connectivity index (χ2n) is 5.16. The summed E-state index contributed by atoms with van der Waals surface area (Å²) in [5, 5.41) is 9.72. The van der Waals surface area contributed by atoms with Gasteiger partial charge in [0.1, 0.15) is 5.75 Å². The number of aromatic hydroxyl groups is 1. The van der Waals surface area contributed by atoms with Crippen molar-refractivity contribution in [3.05, 3.63) is 53.6 Å². The number of amides is 1. The molecule has 0 aliphatic heterocycles. The Bertz CT molecular complexity index is 643. The zero-order chi connectivity index (χ0) is 15.4. The van der Waals surface area contributed by atoms with Crippen LogP contribution in [-0.2, 0) is 6.42 Å². The number of aromatic nitrogens is 2. The van der Waals surface area contributed by atoms with Gasteiger partial charge < -0.3 is 10.0 Å². The van der Waals surface area contributed by atoms with Gasteiger partial charge in [-0.3, -0.25) is 9.78 Å². The summed E-state index contributed by atoms with van der Waals surface area (Å²) in [6, 6.07) is 6.95. The quantitative estimate of drug-likeness (QED) is 0.935. The third kappa shape index (κ3) is 3.56. The lowest BCUT2D eigenvalue weighted by molar-refractivity contribution is 0.0733. The molecular weight excluding hydrogens is 266 g/mol. The maximum atomic E-state index is 12.3. The summed E-state index contributed by atoms with van der Waals surface area (Å²) < 4.78 is 0. The van der Waals surface area contributed by atoms with Gasteiger partial charge in [0.05, 0.1) is 0 Å². The third-order valence-corrected chi connectivity index (χ3v) is 3.45. The number of carbonyl (C=O) groups is 1. The van der Waals surface area contributed by atoms with E-state index in [0.29, 0.717) is 6.42 Å². The first kappa shape index (κ1) is 15.0. The molecule has 2 rings (SSSR count). The van der Waals surface area contributed by atoms with Gasteiger partial charge in [-0.05, 0) is 43.7 Å². The third-order valence-electron chi connectivity index (χ3n) is 3.45. The normalized spacial score (nSPS) is 12.0. The Labute approximate surface area is 124 Å². The van der Waals surface area contributed by atoms with Crippen LogP contribution in [0.4, 0.5) is 0 Å². The van der Waals surface area contributed by atoms with Crippen LogP contribution in [0.2, 0.25) is 0 Å². The summed E-state index contributed by atoms with van der Waals surface area (Å²) in [6.07, 6.45) is 3.91. The SMILES string of the molecule is Cc1ccnc(C[C@@H](C)N(C)C(=O)c2ncccc2O)c1. The molecule has 0 saturated carbocycles. The van der Waals surface area contributed by atoms with Gasteiger partial charge in [0, 0.05) is 37.6 Å². The number of carbonyl (C=O) groups excluding carboxylic acids is 1. The number of likely N-dealkylation sites (N-methyl/N-ethyl adjacent to an activating group) is 1. The molecule has 1 atom stereocenters. The Balaban J connectivity index is 2.10. The van der Waals surface area contributed by atoms with Crippen LogP contribution in [0.3, 0.4) is 0 Å². The summed E-state index contributed by atoms with van der Waals surface area (Å²) in [6.45, 7) is 3.96. The number of nitrogens with zero attached hydrogens (tertiary/aromatic N) is 3. The Morgan fingerprint density at radius 2 is 2.10 bits per heavy atom. The van der Waals surface area contributed by atoms with E-state index in [2.05, 4.69) is 9.97 Å². The van der Waals surface area contributed by atoms with Gasteiger partial charge in [0.15, 0.2) is 5.69 Å². The highest BCUT2D eigenvalue weighted by Gasteiger charge is 2.21. The van der Waals surface area contributed by atoms with Gasteiger partial charge in [-0.25, -0.2) is 4.98 Å². The Kier molecular flexibility index (Phi) is 4.52. The fourth-order valence-corrected chi connectivity index (χ4v) is 2.08. The summed E-state index contributed by atoms with van der Waals surface area (Å²) in [4.78, 5) is 22.2. The first-order chi connectivity index (χ1) is 9.99. The lowest BCUT2D eigenvalue weighted by atomic mass is 10.1. The number of rotatable bonds is 4. The van der Waals surface area contributed by atoms with Crippen molar-refractivity contribution >= 4 is 5.91 Å². The van der Waals surface area contributed by atoms with Crippen LogP contribution in [0.1, 0.15) is 28.7 Å². The molecule has 0 unspecified atom stereocenters. The molecule has 2 heterocycles. The van der Waals surface area contributed by atoms with Crippen LogP contribution < -0.4 is 0 Å². The van der Waals surface area contributed by atoms with Crippen LogP contribution in [0.25, 0.3) is 0 Å². The molecule has 2 aromatic heterocycles. The van der Waals surface area contributed by atoms with E-state index in [4.69, 9.17) is 0 Å². The van der Waals surface area contributed by atoms with Crippen molar-refractivity contribution in [2.24, 2.45) is 0 Å². The summed E-state index contributed by atoms with van der Waals surface area (Å²) in [7, 11) is 1.71. The van der Waals surface area contributed by atoms with Crippen molar-refractivity contribution < 1.29 is 9.90 Å². The molecule has 0 aliphatic carbocycles.